The Balaban J connectivity index is -0.0000000450. The van der Waals surface area contributed by atoms with E-state index in [0.717, 1.165) is 0 Å². The molecular weight excluding hydrogens is 596 g/mol. The SMILES string of the molecule is [O]=[Nb](=[O])[O-].[O]=[Nb](=[O])[O-].[O]=[Nb](=[O])[O-].[Yb+3]. The van der Waals surface area contributed by atoms with E-state index in [9.17, 15) is 0 Å². The van der Waals surface area contributed by atoms with Crippen molar-refractivity contribution in [2.75, 3.05) is 0 Å². The predicted octanol–water partition coefficient (Wildman–Crippen LogP) is -4.29. The van der Waals surface area contributed by atoms with Gasteiger partial charge in [-0.25, -0.2) is 0 Å². The maximum atomic E-state index is 8.60. The number of hydrogen-bond donors (Lipinski definition) is 0. The third-order valence-corrected chi connectivity index (χ3v) is 0. The Morgan fingerprint density at radius 3 is 0.538 bits per heavy atom. The van der Waals surface area contributed by atoms with E-state index >= 15 is 0 Å². The smallest absolute Gasteiger partial charge is 3.00 e. The van der Waals surface area contributed by atoms with Crippen LogP contribution in [0.25, 0.3) is 0 Å². The van der Waals surface area contributed by atoms with E-state index in [1.807, 2.05) is 0 Å². The Labute approximate surface area is 131 Å². The Morgan fingerprint density at radius 1 is 0.538 bits per heavy atom. The van der Waals surface area contributed by atoms with Gasteiger partial charge in [0.15, 0.2) is 0 Å². The van der Waals surface area contributed by atoms with Gasteiger partial charge in [0.2, 0.25) is 0 Å². The van der Waals surface area contributed by atoms with Crippen LogP contribution in [0, 0.1) is 46.9 Å². The summed E-state index contributed by atoms with van der Waals surface area (Å²) in [5.41, 5.74) is 0. The van der Waals surface area contributed by atoms with Crippen LogP contribution in [0.5, 0.6) is 0 Å². The molecule has 0 aliphatic carbocycles. The third-order valence-electron chi connectivity index (χ3n) is 0. The molecule has 9 nitrogen and oxygen atoms in total. The van der Waals surface area contributed by atoms with Gasteiger partial charge in [-0.3, -0.25) is 0 Å². The first-order valence-electron chi connectivity index (χ1n) is 1.64. The second kappa shape index (κ2) is 19.9. The van der Waals surface area contributed by atoms with E-state index in [1.165, 1.54) is 0 Å². The van der Waals surface area contributed by atoms with Crippen molar-refractivity contribution in [1.82, 2.24) is 0 Å². The van der Waals surface area contributed by atoms with E-state index in [2.05, 4.69) is 0 Å². The molecule has 0 aliphatic heterocycles. The average molecular weight is 596 g/mol. The summed E-state index contributed by atoms with van der Waals surface area (Å²) in [7, 11) is 0. The minimum absolute atomic E-state index is 0. The van der Waals surface area contributed by atoms with E-state index in [1.54, 1.807) is 0 Å². The van der Waals surface area contributed by atoms with Gasteiger partial charge in [-0.2, -0.15) is 0 Å². The van der Waals surface area contributed by atoms with Crippen molar-refractivity contribution in [2.45, 2.75) is 0 Å². The Morgan fingerprint density at radius 2 is 0.538 bits per heavy atom. The molecule has 0 fully saturated rings. The molecule has 13 heteroatoms. The molecule has 0 aromatic rings. The van der Waals surface area contributed by atoms with Gasteiger partial charge >= 0.3 is 134 Å². The van der Waals surface area contributed by atoms with Crippen LogP contribution in [0.2, 0.25) is 0 Å². The fraction of sp³-hybridized carbons (Fsp3) is 0. The molecule has 0 saturated heterocycles. The molecule has 0 aromatic heterocycles. The van der Waals surface area contributed by atoms with Gasteiger partial charge in [0.1, 0.15) is 0 Å². The summed E-state index contributed by atoms with van der Waals surface area (Å²) >= 11 is -12.6. The third kappa shape index (κ3) is 380. The van der Waals surface area contributed by atoms with Crippen LogP contribution in [0.3, 0.4) is 0 Å². The summed E-state index contributed by atoms with van der Waals surface area (Å²) in [5.74, 6) is 0. The van der Waals surface area contributed by atoms with Gasteiger partial charge in [0.05, 0.1) is 0 Å². The summed E-state index contributed by atoms with van der Waals surface area (Å²) in [6, 6.07) is 0. The number of hydrogen-bond acceptors (Lipinski definition) is 9. The fourth-order valence-electron chi connectivity index (χ4n) is 0. The summed E-state index contributed by atoms with van der Waals surface area (Å²) in [4.78, 5) is 0. The summed E-state index contributed by atoms with van der Waals surface area (Å²) < 4.78 is 77.4. The molecule has 0 heterocycles. The van der Waals surface area contributed by atoms with Crippen LogP contribution in [-0.4, -0.2) is 0 Å². The van der Waals surface area contributed by atoms with Crippen LogP contribution in [-0.2, 0) is 75.9 Å². The molecular formula is Nb3O9Yb. The fourth-order valence-corrected chi connectivity index (χ4v) is 0. The van der Waals surface area contributed by atoms with Gasteiger partial charge in [-0.15, -0.1) is 0 Å². The van der Waals surface area contributed by atoms with Crippen LogP contribution >= 0.6 is 0 Å². The van der Waals surface area contributed by atoms with E-state index in [0.29, 0.717) is 0 Å². The summed E-state index contributed by atoms with van der Waals surface area (Å²) in [6.07, 6.45) is 0. The van der Waals surface area contributed by atoms with Gasteiger partial charge in [0, 0.05) is 0 Å². The van der Waals surface area contributed by atoms with Crippen molar-refractivity contribution in [3.8, 4) is 0 Å². The molecule has 0 unspecified atom stereocenters. The minimum atomic E-state index is -4.20. The molecule has 0 atom stereocenters. The van der Waals surface area contributed by atoms with Crippen molar-refractivity contribution in [1.29, 1.82) is 0 Å². The van der Waals surface area contributed by atoms with Crippen molar-refractivity contribution >= 4 is 0 Å². The van der Waals surface area contributed by atoms with Crippen LogP contribution < -0.4 is 10.8 Å². The topological polar surface area (TPSA) is 172 Å². The largest absolute Gasteiger partial charge is 3.00 e. The molecule has 0 bridgehead atoms. The van der Waals surface area contributed by atoms with Crippen molar-refractivity contribution in [3.63, 3.8) is 0 Å². The minimum Gasteiger partial charge on any atom is 3.00 e. The average Bonchev–Trinajstić information content (AvgIpc) is 1.54. The first kappa shape index (κ1) is 24.6. The number of rotatable bonds is 0. The molecule has 0 amide bonds. The van der Waals surface area contributed by atoms with Crippen molar-refractivity contribution in [2.24, 2.45) is 0 Å². The first-order valence-corrected chi connectivity index (χ1v) is 9.72. The van der Waals surface area contributed by atoms with Crippen LogP contribution in [0.15, 0.2) is 0 Å². The Hall–Kier alpha value is 2.42. The summed E-state index contributed by atoms with van der Waals surface area (Å²) in [6.45, 7) is 0. The van der Waals surface area contributed by atoms with Crippen molar-refractivity contribution < 1.29 is 134 Å². The molecule has 0 rings (SSSR count). The van der Waals surface area contributed by atoms with Crippen molar-refractivity contribution in [3.05, 3.63) is 0 Å². The second-order valence-electron chi connectivity index (χ2n) is 0.671. The van der Waals surface area contributed by atoms with Crippen LogP contribution in [0.4, 0.5) is 0 Å². The molecule has 13 heavy (non-hydrogen) atoms. The zero-order valence-corrected chi connectivity index (χ0v) is 13.6. The second-order valence-corrected chi connectivity index (χ2v) is 3.97. The van der Waals surface area contributed by atoms with E-state index in [-0.39, 0.29) is 46.9 Å². The maximum absolute atomic E-state index is 8.60. The molecule has 0 N–H and O–H groups in total. The monoisotopic (exact) mass is 597 g/mol. The predicted molar refractivity (Wildman–Crippen MR) is 4.12 cm³/mol. The van der Waals surface area contributed by atoms with Gasteiger partial charge < -0.3 is 0 Å². The molecule has 0 spiro atoms. The zero-order chi connectivity index (χ0) is 10.7. The molecule has 0 aromatic carbocycles. The quantitative estimate of drug-likeness (QED) is 0.251. The van der Waals surface area contributed by atoms with E-state index in [4.69, 9.17) is 30.3 Å². The van der Waals surface area contributed by atoms with Gasteiger partial charge in [-0.05, 0) is 0 Å². The van der Waals surface area contributed by atoms with Gasteiger partial charge in [-0.1, -0.05) is 0 Å². The zero-order valence-electron chi connectivity index (χ0n) is 5.28. The molecule has 1 radical (unpaired) electrons. The molecule has 83 valence electrons. The van der Waals surface area contributed by atoms with Crippen LogP contribution in [0.1, 0.15) is 0 Å². The Kier molecular flexibility index (Phi) is 37.7. The standard InChI is InChI=1S/3Nb.9O.Yb/q;;;;;;;;;3*-1;+3. The molecule has 0 aliphatic rings. The first-order chi connectivity index (χ1) is 5.20. The normalized spacial score (nSPS) is 5.77. The Bertz CT molecular complexity index is 208. The summed E-state index contributed by atoms with van der Waals surface area (Å²) in [5, 5.41) is 0. The molecule has 0 saturated carbocycles. The van der Waals surface area contributed by atoms with Gasteiger partial charge in [0.25, 0.3) is 0 Å². The maximum Gasteiger partial charge on any atom is 3.00 e. The van der Waals surface area contributed by atoms with E-state index < -0.39 is 56.4 Å².